The molecular formula is C16H13BrClN3. The van der Waals surface area contributed by atoms with Crippen molar-refractivity contribution in [1.82, 2.24) is 4.98 Å². The van der Waals surface area contributed by atoms with Crippen molar-refractivity contribution in [2.75, 3.05) is 11.1 Å². The topological polar surface area (TPSA) is 50.9 Å². The number of nitrogens with one attached hydrogen (secondary N) is 1. The third-order valence-corrected chi connectivity index (χ3v) is 3.95. The van der Waals surface area contributed by atoms with Crippen molar-refractivity contribution in [3.63, 3.8) is 0 Å². The Hall–Kier alpha value is -1.78. The van der Waals surface area contributed by atoms with Gasteiger partial charge in [-0.2, -0.15) is 0 Å². The molecule has 106 valence electrons. The summed E-state index contributed by atoms with van der Waals surface area (Å²) in [5, 5.41) is 5.10. The van der Waals surface area contributed by atoms with Gasteiger partial charge in [-0.1, -0.05) is 39.7 Å². The molecule has 3 rings (SSSR count). The number of anilines is 2. The summed E-state index contributed by atoms with van der Waals surface area (Å²) in [6.45, 7) is 0.649. The van der Waals surface area contributed by atoms with Gasteiger partial charge in [-0.25, -0.2) is 0 Å². The minimum atomic E-state index is 0.627. The summed E-state index contributed by atoms with van der Waals surface area (Å²) in [6, 6.07) is 13.7. The Bertz CT molecular complexity index is 799. The molecule has 2 aromatic carbocycles. The quantitative estimate of drug-likeness (QED) is 0.700. The van der Waals surface area contributed by atoms with Crippen LogP contribution in [0.3, 0.4) is 0 Å². The van der Waals surface area contributed by atoms with Gasteiger partial charge in [0.2, 0.25) is 0 Å². The molecule has 0 saturated heterocycles. The molecule has 3 aromatic rings. The average molecular weight is 363 g/mol. The van der Waals surface area contributed by atoms with E-state index in [0.29, 0.717) is 12.2 Å². The number of rotatable bonds is 3. The van der Waals surface area contributed by atoms with Gasteiger partial charge in [-0.15, -0.1) is 0 Å². The second-order valence-electron chi connectivity index (χ2n) is 4.73. The summed E-state index contributed by atoms with van der Waals surface area (Å²) in [4.78, 5) is 4.34. The fourth-order valence-electron chi connectivity index (χ4n) is 2.21. The summed E-state index contributed by atoms with van der Waals surface area (Å²) >= 11 is 9.49. The van der Waals surface area contributed by atoms with Crippen molar-refractivity contribution in [3.8, 4) is 0 Å². The zero-order valence-electron chi connectivity index (χ0n) is 11.1. The lowest BCUT2D eigenvalue weighted by molar-refractivity contribution is 1.15. The molecule has 21 heavy (non-hydrogen) atoms. The van der Waals surface area contributed by atoms with E-state index < -0.39 is 0 Å². The predicted molar refractivity (Wildman–Crippen MR) is 92.6 cm³/mol. The van der Waals surface area contributed by atoms with Crippen molar-refractivity contribution in [1.29, 1.82) is 0 Å². The van der Waals surface area contributed by atoms with Gasteiger partial charge < -0.3 is 11.1 Å². The standard InChI is InChI=1S/C16H13BrClN3/c17-11-4-5-15-13(7-11)16(14(19)9-20-15)21-8-10-2-1-3-12(18)6-10/h1-7,9H,8,19H2,(H,20,21). The number of benzene rings is 2. The third-order valence-electron chi connectivity index (χ3n) is 3.22. The largest absolute Gasteiger partial charge is 0.396 e. The second-order valence-corrected chi connectivity index (χ2v) is 6.09. The van der Waals surface area contributed by atoms with E-state index in [1.54, 1.807) is 6.20 Å². The molecule has 0 amide bonds. The number of pyridine rings is 1. The van der Waals surface area contributed by atoms with Crippen molar-refractivity contribution in [2.45, 2.75) is 6.54 Å². The monoisotopic (exact) mass is 361 g/mol. The molecule has 0 bridgehead atoms. The number of nitrogens with two attached hydrogens (primary N) is 1. The molecule has 5 heteroatoms. The fraction of sp³-hybridized carbons (Fsp3) is 0.0625. The number of nitrogen functional groups attached to an aromatic ring is 1. The molecule has 3 nitrogen and oxygen atoms in total. The van der Waals surface area contributed by atoms with Gasteiger partial charge in [-0.3, -0.25) is 4.98 Å². The number of aromatic nitrogens is 1. The highest BCUT2D eigenvalue weighted by Gasteiger charge is 2.07. The molecule has 0 saturated carbocycles. The smallest absolute Gasteiger partial charge is 0.0743 e. The number of hydrogen-bond acceptors (Lipinski definition) is 3. The third kappa shape index (κ3) is 3.12. The normalized spacial score (nSPS) is 10.8. The van der Waals surface area contributed by atoms with E-state index >= 15 is 0 Å². The molecule has 0 aliphatic rings. The summed E-state index contributed by atoms with van der Waals surface area (Å²) in [5.74, 6) is 0. The van der Waals surface area contributed by atoms with E-state index in [-0.39, 0.29) is 0 Å². The Labute approximate surface area is 136 Å². The van der Waals surface area contributed by atoms with Crippen LogP contribution in [0.2, 0.25) is 5.02 Å². The SMILES string of the molecule is Nc1cnc2ccc(Br)cc2c1NCc1cccc(Cl)c1. The highest BCUT2D eigenvalue weighted by molar-refractivity contribution is 9.10. The predicted octanol–water partition coefficient (Wildman–Crippen LogP) is 4.85. The Morgan fingerprint density at radius 1 is 1.19 bits per heavy atom. The Kier molecular flexibility index (Phi) is 3.99. The number of nitrogens with zero attached hydrogens (tertiary/aromatic N) is 1. The summed E-state index contributed by atoms with van der Waals surface area (Å²) < 4.78 is 0.994. The average Bonchev–Trinajstić information content (AvgIpc) is 2.46. The van der Waals surface area contributed by atoms with Crippen LogP contribution in [0.5, 0.6) is 0 Å². The van der Waals surface area contributed by atoms with Crippen molar-refractivity contribution in [2.24, 2.45) is 0 Å². The van der Waals surface area contributed by atoms with Crippen LogP contribution in [0.15, 0.2) is 53.1 Å². The van der Waals surface area contributed by atoms with Crippen LogP contribution >= 0.6 is 27.5 Å². The van der Waals surface area contributed by atoms with Gasteiger partial charge in [-0.05, 0) is 35.9 Å². The summed E-state index contributed by atoms with van der Waals surface area (Å²) in [7, 11) is 0. The van der Waals surface area contributed by atoms with Crippen LogP contribution in [0.25, 0.3) is 10.9 Å². The van der Waals surface area contributed by atoms with Crippen LogP contribution < -0.4 is 11.1 Å². The molecule has 1 aromatic heterocycles. The minimum absolute atomic E-state index is 0.627. The van der Waals surface area contributed by atoms with E-state index in [1.165, 1.54) is 0 Å². The van der Waals surface area contributed by atoms with Crippen molar-refractivity contribution in [3.05, 3.63) is 63.7 Å². The molecule has 1 heterocycles. The lowest BCUT2D eigenvalue weighted by atomic mass is 10.1. The van der Waals surface area contributed by atoms with E-state index in [4.69, 9.17) is 17.3 Å². The van der Waals surface area contributed by atoms with Crippen LogP contribution in [0, 0.1) is 0 Å². The van der Waals surface area contributed by atoms with Crippen molar-refractivity contribution >= 4 is 49.8 Å². The zero-order valence-corrected chi connectivity index (χ0v) is 13.4. The Morgan fingerprint density at radius 2 is 2.05 bits per heavy atom. The van der Waals surface area contributed by atoms with Gasteiger partial charge in [0.1, 0.15) is 0 Å². The molecule has 0 radical (unpaired) electrons. The molecule has 0 aliphatic heterocycles. The molecule has 0 atom stereocenters. The van der Waals surface area contributed by atoms with Gasteiger partial charge in [0.25, 0.3) is 0 Å². The van der Waals surface area contributed by atoms with E-state index in [0.717, 1.165) is 31.6 Å². The first kappa shape index (κ1) is 14.2. The van der Waals surface area contributed by atoms with Crippen LogP contribution in [0.1, 0.15) is 5.56 Å². The van der Waals surface area contributed by atoms with Gasteiger partial charge in [0.05, 0.1) is 23.1 Å². The van der Waals surface area contributed by atoms with Crippen LogP contribution in [-0.4, -0.2) is 4.98 Å². The first-order valence-corrected chi connectivity index (χ1v) is 7.62. The molecule has 0 fully saturated rings. The van der Waals surface area contributed by atoms with Gasteiger partial charge in [0, 0.05) is 21.4 Å². The van der Waals surface area contributed by atoms with E-state index in [1.807, 2.05) is 42.5 Å². The molecule has 0 unspecified atom stereocenters. The lowest BCUT2D eigenvalue weighted by Gasteiger charge is -2.12. The maximum atomic E-state index is 6.06. The number of hydrogen-bond donors (Lipinski definition) is 2. The van der Waals surface area contributed by atoms with Crippen molar-refractivity contribution < 1.29 is 0 Å². The van der Waals surface area contributed by atoms with Gasteiger partial charge in [0.15, 0.2) is 0 Å². The second kappa shape index (κ2) is 5.92. The Morgan fingerprint density at radius 3 is 2.86 bits per heavy atom. The zero-order chi connectivity index (χ0) is 14.8. The first-order valence-electron chi connectivity index (χ1n) is 6.45. The first-order chi connectivity index (χ1) is 10.1. The summed E-state index contributed by atoms with van der Waals surface area (Å²) in [6.07, 6.45) is 1.68. The highest BCUT2D eigenvalue weighted by atomic mass is 79.9. The molecule has 3 N–H and O–H groups in total. The minimum Gasteiger partial charge on any atom is -0.396 e. The summed E-state index contributed by atoms with van der Waals surface area (Å²) in [5.41, 5.74) is 9.58. The van der Waals surface area contributed by atoms with Crippen LogP contribution in [-0.2, 0) is 6.54 Å². The number of fused-ring (bicyclic) bond motifs is 1. The molecular weight excluding hydrogens is 350 g/mol. The maximum Gasteiger partial charge on any atom is 0.0743 e. The maximum absolute atomic E-state index is 6.06. The number of halogens is 2. The van der Waals surface area contributed by atoms with Gasteiger partial charge >= 0.3 is 0 Å². The van der Waals surface area contributed by atoms with Crippen LogP contribution in [0.4, 0.5) is 11.4 Å². The fourth-order valence-corrected chi connectivity index (χ4v) is 2.79. The highest BCUT2D eigenvalue weighted by Crippen LogP contribution is 2.30. The lowest BCUT2D eigenvalue weighted by Crippen LogP contribution is -2.04. The molecule has 0 aliphatic carbocycles. The Balaban J connectivity index is 1.96. The molecule has 0 spiro atoms. The van der Waals surface area contributed by atoms with E-state index in [9.17, 15) is 0 Å². The van der Waals surface area contributed by atoms with E-state index in [2.05, 4.69) is 26.2 Å².